The molecule has 0 heterocycles. The molecule has 21 heavy (non-hydrogen) atoms. The lowest BCUT2D eigenvalue weighted by Gasteiger charge is -2.12. The summed E-state index contributed by atoms with van der Waals surface area (Å²) in [6.45, 7) is 1.31. The topological polar surface area (TPSA) is 66.4 Å². The molecular weight excluding hydrogens is 317 g/mol. The Morgan fingerprint density at radius 3 is 2.57 bits per heavy atom. The lowest BCUT2D eigenvalue weighted by atomic mass is 10.2. The molecular formula is C14H13ClFNO3S. The van der Waals surface area contributed by atoms with Gasteiger partial charge in [0.2, 0.25) is 0 Å². The highest BCUT2D eigenvalue weighted by Crippen LogP contribution is 2.25. The molecule has 0 radical (unpaired) electrons. The van der Waals surface area contributed by atoms with Crippen LogP contribution in [0.4, 0.5) is 10.1 Å². The van der Waals surface area contributed by atoms with Gasteiger partial charge in [-0.3, -0.25) is 4.72 Å². The standard InChI is InChI=1S/C14H13ClFNO3S/c1-9-3-2-4-13(16)14(9)17-21(19,20)11-6-5-10(8-18)12(15)7-11/h2-7,17-18H,8H2,1H3. The summed E-state index contributed by atoms with van der Waals surface area (Å²) in [5, 5.41) is 9.15. The van der Waals surface area contributed by atoms with Crippen LogP contribution in [0.15, 0.2) is 41.3 Å². The third kappa shape index (κ3) is 3.34. The molecule has 2 N–H and O–H groups in total. The first kappa shape index (κ1) is 15.8. The second-order valence-corrected chi connectivity index (χ2v) is 6.54. The number of aliphatic hydroxyl groups is 1. The van der Waals surface area contributed by atoms with Gasteiger partial charge in [0.05, 0.1) is 17.2 Å². The highest BCUT2D eigenvalue weighted by molar-refractivity contribution is 7.92. The molecule has 2 rings (SSSR count). The van der Waals surface area contributed by atoms with Gasteiger partial charge in [0.1, 0.15) is 5.82 Å². The first-order valence-corrected chi connectivity index (χ1v) is 7.88. The van der Waals surface area contributed by atoms with E-state index in [1.54, 1.807) is 13.0 Å². The van der Waals surface area contributed by atoms with E-state index in [4.69, 9.17) is 16.7 Å². The van der Waals surface area contributed by atoms with Crippen molar-refractivity contribution in [3.8, 4) is 0 Å². The summed E-state index contributed by atoms with van der Waals surface area (Å²) < 4.78 is 40.4. The highest BCUT2D eigenvalue weighted by atomic mass is 35.5. The van der Waals surface area contributed by atoms with Gasteiger partial charge in [-0.25, -0.2) is 12.8 Å². The predicted molar refractivity (Wildman–Crippen MR) is 79.3 cm³/mol. The quantitative estimate of drug-likeness (QED) is 0.906. The molecule has 0 fully saturated rings. The number of rotatable bonds is 4. The van der Waals surface area contributed by atoms with Crippen LogP contribution >= 0.6 is 11.6 Å². The molecule has 4 nitrogen and oxygen atoms in total. The monoisotopic (exact) mass is 329 g/mol. The van der Waals surface area contributed by atoms with Gasteiger partial charge >= 0.3 is 0 Å². The molecule has 0 aliphatic carbocycles. The Bertz CT molecular complexity index is 758. The van der Waals surface area contributed by atoms with Gasteiger partial charge in [-0.1, -0.05) is 29.8 Å². The number of halogens is 2. The van der Waals surface area contributed by atoms with Gasteiger partial charge in [0.25, 0.3) is 10.0 Å². The van der Waals surface area contributed by atoms with Crippen molar-refractivity contribution in [3.63, 3.8) is 0 Å². The molecule has 0 spiro atoms. The molecule has 2 aromatic rings. The van der Waals surface area contributed by atoms with E-state index in [1.807, 2.05) is 0 Å². The zero-order valence-corrected chi connectivity index (χ0v) is 12.7. The van der Waals surface area contributed by atoms with Crippen molar-refractivity contribution >= 4 is 27.3 Å². The van der Waals surface area contributed by atoms with Gasteiger partial charge in [0.15, 0.2) is 0 Å². The van der Waals surface area contributed by atoms with E-state index in [1.165, 1.54) is 30.3 Å². The van der Waals surface area contributed by atoms with Crippen molar-refractivity contribution in [2.45, 2.75) is 18.4 Å². The SMILES string of the molecule is Cc1cccc(F)c1NS(=O)(=O)c1ccc(CO)c(Cl)c1. The molecule has 0 saturated heterocycles. The molecule has 0 aromatic heterocycles. The van der Waals surface area contributed by atoms with E-state index in [9.17, 15) is 12.8 Å². The van der Waals surface area contributed by atoms with E-state index < -0.39 is 15.8 Å². The maximum Gasteiger partial charge on any atom is 0.262 e. The largest absolute Gasteiger partial charge is 0.392 e. The number of sulfonamides is 1. The summed E-state index contributed by atoms with van der Waals surface area (Å²) in [5.41, 5.74) is 0.786. The number of aryl methyl sites for hydroxylation is 1. The maximum absolute atomic E-state index is 13.7. The fourth-order valence-corrected chi connectivity index (χ4v) is 3.25. The van der Waals surface area contributed by atoms with E-state index in [0.717, 1.165) is 0 Å². The van der Waals surface area contributed by atoms with Crippen molar-refractivity contribution in [2.24, 2.45) is 0 Å². The number of para-hydroxylation sites is 1. The van der Waals surface area contributed by atoms with Crippen LogP contribution in [-0.2, 0) is 16.6 Å². The summed E-state index contributed by atoms with van der Waals surface area (Å²) in [7, 11) is -3.96. The number of hydrogen-bond acceptors (Lipinski definition) is 3. The minimum absolute atomic E-state index is 0.0974. The fraction of sp³-hybridized carbons (Fsp3) is 0.143. The number of anilines is 1. The summed E-state index contributed by atoms with van der Waals surface area (Å²) in [4.78, 5) is -0.104. The van der Waals surface area contributed by atoms with Gasteiger partial charge < -0.3 is 5.11 Å². The van der Waals surface area contributed by atoms with Crippen LogP contribution < -0.4 is 4.72 Å². The molecule has 2 aromatic carbocycles. The van der Waals surface area contributed by atoms with Gasteiger partial charge in [-0.15, -0.1) is 0 Å². The molecule has 7 heteroatoms. The van der Waals surface area contributed by atoms with Crippen LogP contribution in [0.2, 0.25) is 5.02 Å². The second kappa shape index (κ2) is 6.01. The smallest absolute Gasteiger partial charge is 0.262 e. The highest BCUT2D eigenvalue weighted by Gasteiger charge is 2.18. The molecule has 0 amide bonds. The Kier molecular flexibility index (Phi) is 4.51. The Morgan fingerprint density at radius 1 is 1.29 bits per heavy atom. The third-order valence-electron chi connectivity index (χ3n) is 2.96. The van der Waals surface area contributed by atoms with Crippen molar-refractivity contribution in [3.05, 3.63) is 58.4 Å². The normalized spacial score (nSPS) is 11.4. The fourth-order valence-electron chi connectivity index (χ4n) is 1.78. The molecule has 0 bridgehead atoms. The van der Waals surface area contributed by atoms with E-state index in [0.29, 0.717) is 11.1 Å². The average molecular weight is 330 g/mol. The van der Waals surface area contributed by atoms with Crippen LogP contribution in [0, 0.1) is 12.7 Å². The first-order chi connectivity index (χ1) is 9.85. The first-order valence-electron chi connectivity index (χ1n) is 6.02. The van der Waals surface area contributed by atoms with Crippen molar-refractivity contribution in [1.82, 2.24) is 0 Å². The minimum Gasteiger partial charge on any atom is -0.392 e. The second-order valence-electron chi connectivity index (χ2n) is 4.45. The number of nitrogens with one attached hydrogen (secondary N) is 1. The van der Waals surface area contributed by atoms with Gasteiger partial charge in [-0.2, -0.15) is 0 Å². The van der Waals surface area contributed by atoms with E-state index in [2.05, 4.69) is 4.72 Å². The Morgan fingerprint density at radius 2 is 2.00 bits per heavy atom. The van der Waals surface area contributed by atoms with Gasteiger partial charge in [-0.05, 0) is 36.2 Å². The van der Waals surface area contributed by atoms with Crippen molar-refractivity contribution in [1.29, 1.82) is 0 Å². The summed E-state index contributed by atoms with van der Waals surface area (Å²) in [6.07, 6.45) is 0. The summed E-state index contributed by atoms with van der Waals surface area (Å²) >= 11 is 5.87. The third-order valence-corrected chi connectivity index (χ3v) is 4.66. The molecule has 0 atom stereocenters. The lowest BCUT2D eigenvalue weighted by Crippen LogP contribution is -2.15. The Hall–Kier alpha value is -1.63. The number of hydrogen-bond donors (Lipinski definition) is 2. The molecule has 0 saturated carbocycles. The van der Waals surface area contributed by atoms with Gasteiger partial charge in [0, 0.05) is 5.02 Å². The predicted octanol–water partition coefficient (Wildman–Crippen LogP) is 3.08. The van der Waals surface area contributed by atoms with Crippen LogP contribution in [0.25, 0.3) is 0 Å². The number of aliphatic hydroxyl groups excluding tert-OH is 1. The zero-order valence-electron chi connectivity index (χ0n) is 11.1. The van der Waals surface area contributed by atoms with E-state index >= 15 is 0 Å². The van der Waals surface area contributed by atoms with Crippen molar-refractivity contribution < 1.29 is 17.9 Å². The van der Waals surface area contributed by atoms with Crippen LogP contribution in [0.1, 0.15) is 11.1 Å². The van der Waals surface area contributed by atoms with Crippen LogP contribution in [0.3, 0.4) is 0 Å². The Labute approximate surface area is 127 Å². The van der Waals surface area contributed by atoms with Crippen molar-refractivity contribution in [2.75, 3.05) is 4.72 Å². The number of benzene rings is 2. The molecule has 0 aliphatic heterocycles. The Balaban J connectivity index is 2.41. The van der Waals surface area contributed by atoms with Crippen LogP contribution in [0.5, 0.6) is 0 Å². The zero-order chi connectivity index (χ0) is 15.6. The lowest BCUT2D eigenvalue weighted by molar-refractivity contribution is 0.282. The maximum atomic E-state index is 13.7. The summed E-state index contributed by atoms with van der Waals surface area (Å²) in [5.74, 6) is -0.656. The van der Waals surface area contributed by atoms with E-state index in [-0.39, 0.29) is 22.2 Å². The minimum atomic E-state index is -3.96. The molecule has 0 aliphatic rings. The average Bonchev–Trinajstić information content (AvgIpc) is 2.43. The molecule has 112 valence electrons. The summed E-state index contributed by atoms with van der Waals surface area (Å²) in [6, 6.07) is 8.19. The van der Waals surface area contributed by atoms with Crippen LogP contribution in [-0.4, -0.2) is 13.5 Å². The molecule has 0 unspecified atom stereocenters.